The van der Waals surface area contributed by atoms with Crippen molar-refractivity contribution < 1.29 is 9.53 Å². The van der Waals surface area contributed by atoms with Crippen molar-refractivity contribution in [1.29, 1.82) is 0 Å². The normalized spacial score (nSPS) is 33.6. The highest BCUT2D eigenvalue weighted by Crippen LogP contribution is 2.22. The molecule has 18 heavy (non-hydrogen) atoms. The second-order valence-corrected chi connectivity index (χ2v) is 5.21. The summed E-state index contributed by atoms with van der Waals surface area (Å²) in [5, 5.41) is 0. The molecule has 2 bridgehead atoms. The first-order chi connectivity index (χ1) is 8.75. The third-order valence-electron chi connectivity index (χ3n) is 3.55. The van der Waals surface area contributed by atoms with Crippen molar-refractivity contribution in [3.63, 3.8) is 0 Å². The summed E-state index contributed by atoms with van der Waals surface area (Å²) in [6.07, 6.45) is 15.7. The van der Waals surface area contributed by atoms with Crippen molar-refractivity contribution in [2.45, 2.75) is 58.0 Å². The maximum Gasteiger partial charge on any atom is 0.334 e. The second-order valence-electron chi connectivity index (χ2n) is 5.21. The Hall–Kier alpha value is -1.31. The Kier molecular flexibility index (Phi) is 4.80. The van der Waals surface area contributed by atoms with Gasteiger partial charge in [0.2, 0.25) is 0 Å². The van der Waals surface area contributed by atoms with E-state index in [-0.39, 0.29) is 12.1 Å². The van der Waals surface area contributed by atoms with E-state index in [0.717, 1.165) is 37.7 Å². The molecule has 0 aromatic heterocycles. The average molecular weight is 246 g/mol. The average Bonchev–Trinajstić information content (AvgIpc) is 2.49. The van der Waals surface area contributed by atoms with Gasteiger partial charge in [-0.2, -0.15) is 0 Å². The number of allylic oxidation sites excluding steroid dienone is 4. The van der Waals surface area contributed by atoms with E-state index in [1.54, 1.807) is 0 Å². The number of fused-ring (bicyclic) bond motifs is 3. The third kappa shape index (κ3) is 3.86. The molecular weight excluding hydrogens is 224 g/mol. The number of carbonyl (C=O) groups excluding carboxylic acids is 1. The van der Waals surface area contributed by atoms with Crippen molar-refractivity contribution in [3.05, 3.63) is 35.5 Å². The molecule has 0 aromatic rings. The standard InChI is InChI=1S/C16H22O2/c1-13-8-5-3-2-4-6-9-14-10-7-11-15(12-13)18-16(14)17/h4,6,9,12,15H,2-3,5,7-8,10-11H2,1H3/b6-4+,13-12-,14-9-. The molecule has 2 heterocycles. The van der Waals surface area contributed by atoms with Gasteiger partial charge in [0.25, 0.3) is 0 Å². The fourth-order valence-electron chi connectivity index (χ4n) is 2.48. The predicted octanol–water partition coefficient (Wildman–Crippen LogP) is 4.09. The summed E-state index contributed by atoms with van der Waals surface area (Å²) in [5.74, 6) is -0.134. The molecule has 2 nitrogen and oxygen atoms in total. The Morgan fingerprint density at radius 1 is 1.22 bits per heavy atom. The Morgan fingerprint density at radius 2 is 2.11 bits per heavy atom. The molecule has 0 radical (unpaired) electrons. The molecule has 2 aliphatic rings. The summed E-state index contributed by atoms with van der Waals surface area (Å²) >= 11 is 0. The lowest BCUT2D eigenvalue weighted by Gasteiger charge is -2.12. The molecule has 1 saturated heterocycles. The van der Waals surface area contributed by atoms with Crippen LogP contribution in [0.3, 0.4) is 0 Å². The summed E-state index contributed by atoms with van der Waals surface area (Å²) in [6.45, 7) is 2.14. The molecule has 0 spiro atoms. The number of carbonyl (C=O) groups is 1. The number of esters is 1. The first-order valence-corrected chi connectivity index (χ1v) is 6.99. The van der Waals surface area contributed by atoms with Gasteiger partial charge in [0.1, 0.15) is 6.10 Å². The van der Waals surface area contributed by atoms with E-state index in [0.29, 0.717) is 0 Å². The fraction of sp³-hybridized carbons (Fsp3) is 0.562. The van der Waals surface area contributed by atoms with Crippen LogP contribution in [0.15, 0.2) is 35.5 Å². The molecule has 2 heteroatoms. The highest BCUT2D eigenvalue weighted by atomic mass is 16.5. The Morgan fingerprint density at radius 3 is 3.00 bits per heavy atom. The van der Waals surface area contributed by atoms with Crippen LogP contribution < -0.4 is 0 Å². The van der Waals surface area contributed by atoms with E-state index in [1.165, 1.54) is 18.4 Å². The molecule has 1 fully saturated rings. The van der Waals surface area contributed by atoms with Gasteiger partial charge in [0, 0.05) is 5.57 Å². The zero-order chi connectivity index (χ0) is 12.8. The predicted molar refractivity (Wildman–Crippen MR) is 73.2 cm³/mol. The van der Waals surface area contributed by atoms with Crippen LogP contribution in [-0.4, -0.2) is 12.1 Å². The van der Waals surface area contributed by atoms with E-state index >= 15 is 0 Å². The van der Waals surface area contributed by atoms with E-state index in [1.807, 2.05) is 12.2 Å². The van der Waals surface area contributed by atoms with Crippen molar-refractivity contribution in [1.82, 2.24) is 0 Å². The third-order valence-corrected chi connectivity index (χ3v) is 3.55. The number of hydrogen-bond acceptors (Lipinski definition) is 2. The quantitative estimate of drug-likeness (QED) is 0.475. The van der Waals surface area contributed by atoms with Gasteiger partial charge in [-0.15, -0.1) is 0 Å². The van der Waals surface area contributed by atoms with Gasteiger partial charge < -0.3 is 4.74 Å². The summed E-state index contributed by atoms with van der Waals surface area (Å²) in [7, 11) is 0. The molecular formula is C16H22O2. The second kappa shape index (κ2) is 6.58. The zero-order valence-corrected chi connectivity index (χ0v) is 11.2. The number of rotatable bonds is 0. The van der Waals surface area contributed by atoms with Crippen molar-refractivity contribution in [3.8, 4) is 0 Å². The molecule has 98 valence electrons. The smallest absolute Gasteiger partial charge is 0.334 e. The first kappa shape index (κ1) is 13.1. The maximum atomic E-state index is 12.0. The topological polar surface area (TPSA) is 26.3 Å². The van der Waals surface area contributed by atoms with E-state index in [4.69, 9.17) is 4.74 Å². The number of hydrogen-bond donors (Lipinski definition) is 0. The largest absolute Gasteiger partial charge is 0.455 e. The fourth-order valence-corrected chi connectivity index (χ4v) is 2.48. The van der Waals surface area contributed by atoms with Crippen molar-refractivity contribution in [2.75, 3.05) is 0 Å². The summed E-state index contributed by atoms with van der Waals surface area (Å²) in [5.41, 5.74) is 2.17. The highest BCUT2D eigenvalue weighted by molar-refractivity contribution is 5.89. The van der Waals surface area contributed by atoms with Crippen LogP contribution in [-0.2, 0) is 9.53 Å². The SMILES string of the molecule is C/C1=C/C2CCC/C(=C/C=C/CCCC1)C(=O)O2. The summed E-state index contributed by atoms with van der Waals surface area (Å²) in [6, 6.07) is 0. The molecule has 2 rings (SSSR count). The Balaban J connectivity index is 2.20. The molecule has 0 saturated carbocycles. The highest BCUT2D eigenvalue weighted by Gasteiger charge is 2.20. The van der Waals surface area contributed by atoms with Gasteiger partial charge in [0.15, 0.2) is 0 Å². The lowest BCUT2D eigenvalue weighted by atomic mass is 10.0. The molecule has 1 unspecified atom stereocenters. The molecule has 0 amide bonds. The molecule has 0 N–H and O–H groups in total. The Labute approximate surface area is 109 Å². The monoisotopic (exact) mass is 246 g/mol. The zero-order valence-electron chi connectivity index (χ0n) is 11.2. The van der Waals surface area contributed by atoms with Crippen LogP contribution in [0.2, 0.25) is 0 Å². The van der Waals surface area contributed by atoms with Crippen LogP contribution in [0.1, 0.15) is 51.9 Å². The van der Waals surface area contributed by atoms with Crippen molar-refractivity contribution >= 4 is 5.97 Å². The summed E-state index contributed by atoms with van der Waals surface area (Å²) < 4.78 is 5.54. The number of ether oxygens (including phenoxy) is 1. The Bertz CT molecular complexity index is 388. The van der Waals surface area contributed by atoms with Crippen LogP contribution in [0.4, 0.5) is 0 Å². The molecule has 1 atom stereocenters. The summed E-state index contributed by atoms with van der Waals surface area (Å²) in [4.78, 5) is 12.0. The van der Waals surface area contributed by atoms with Gasteiger partial charge in [-0.3, -0.25) is 0 Å². The van der Waals surface area contributed by atoms with Gasteiger partial charge in [-0.05, 0) is 57.9 Å². The lowest BCUT2D eigenvalue weighted by molar-refractivity contribution is -0.141. The van der Waals surface area contributed by atoms with Crippen LogP contribution in [0.5, 0.6) is 0 Å². The van der Waals surface area contributed by atoms with Crippen LogP contribution in [0, 0.1) is 0 Å². The minimum Gasteiger partial charge on any atom is -0.455 e. The molecule has 2 aliphatic heterocycles. The maximum absolute atomic E-state index is 12.0. The lowest BCUT2D eigenvalue weighted by Crippen LogP contribution is -2.14. The van der Waals surface area contributed by atoms with E-state index in [2.05, 4.69) is 19.1 Å². The molecule has 0 aliphatic carbocycles. The molecule has 0 aromatic carbocycles. The van der Waals surface area contributed by atoms with Gasteiger partial charge in [-0.25, -0.2) is 4.79 Å². The minimum absolute atomic E-state index is 0.0202. The first-order valence-electron chi connectivity index (χ1n) is 6.99. The van der Waals surface area contributed by atoms with Gasteiger partial charge >= 0.3 is 5.97 Å². The van der Waals surface area contributed by atoms with Gasteiger partial charge in [0.05, 0.1) is 0 Å². The van der Waals surface area contributed by atoms with E-state index in [9.17, 15) is 4.79 Å². The van der Waals surface area contributed by atoms with Crippen molar-refractivity contribution in [2.24, 2.45) is 0 Å². The van der Waals surface area contributed by atoms with Gasteiger partial charge in [-0.1, -0.05) is 23.8 Å². The van der Waals surface area contributed by atoms with E-state index < -0.39 is 0 Å². The van der Waals surface area contributed by atoms with Crippen LogP contribution in [0.25, 0.3) is 0 Å². The van der Waals surface area contributed by atoms with Crippen LogP contribution >= 0.6 is 0 Å². The minimum atomic E-state index is -0.134.